The molecule has 3 nitrogen and oxygen atoms in total. The summed E-state index contributed by atoms with van der Waals surface area (Å²) in [7, 11) is 0. The summed E-state index contributed by atoms with van der Waals surface area (Å²) in [6.45, 7) is 5.81. The summed E-state index contributed by atoms with van der Waals surface area (Å²) in [6, 6.07) is 11.8. The number of aryl methyl sites for hydroxylation is 1. The van der Waals surface area contributed by atoms with Crippen LogP contribution in [0.2, 0.25) is 0 Å². The minimum absolute atomic E-state index is 0.177. The second-order valence-corrected chi connectivity index (χ2v) is 5.27. The van der Waals surface area contributed by atoms with Crippen LogP contribution in [0.4, 0.5) is 10.1 Å². The van der Waals surface area contributed by atoms with Crippen molar-refractivity contribution in [2.24, 2.45) is 0 Å². The van der Waals surface area contributed by atoms with Gasteiger partial charge in [0.1, 0.15) is 11.4 Å². The zero-order valence-corrected chi connectivity index (χ0v) is 12.7. The average Bonchev–Trinajstić information content (AvgIpc) is 2.93. The van der Waals surface area contributed by atoms with Crippen LogP contribution in [0.1, 0.15) is 21.7 Å². The number of carbonyl (C=O) groups is 1. The van der Waals surface area contributed by atoms with Gasteiger partial charge in [-0.15, -0.1) is 6.58 Å². The molecule has 0 saturated heterocycles. The molecule has 0 aliphatic rings. The van der Waals surface area contributed by atoms with E-state index in [-0.39, 0.29) is 17.1 Å². The lowest BCUT2D eigenvalue weighted by molar-refractivity contribution is 0.101. The van der Waals surface area contributed by atoms with Crippen LogP contribution in [0.5, 0.6) is 0 Å². The van der Waals surface area contributed by atoms with Crippen molar-refractivity contribution in [3.8, 4) is 0 Å². The van der Waals surface area contributed by atoms with E-state index in [0.29, 0.717) is 23.4 Å². The van der Waals surface area contributed by atoms with E-state index in [0.717, 1.165) is 5.39 Å². The monoisotopic (exact) mass is 309 g/mol. The van der Waals surface area contributed by atoms with Gasteiger partial charge < -0.3 is 9.73 Å². The molecule has 0 bridgehead atoms. The summed E-state index contributed by atoms with van der Waals surface area (Å²) < 4.78 is 19.5. The van der Waals surface area contributed by atoms with Crippen molar-refractivity contribution < 1.29 is 13.6 Å². The van der Waals surface area contributed by atoms with Gasteiger partial charge >= 0.3 is 0 Å². The van der Waals surface area contributed by atoms with E-state index in [4.69, 9.17) is 4.42 Å². The first-order valence-electron chi connectivity index (χ1n) is 7.29. The summed E-state index contributed by atoms with van der Waals surface area (Å²) in [4.78, 5) is 12.7. The Morgan fingerprint density at radius 3 is 2.83 bits per heavy atom. The van der Waals surface area contributed by atoms with Gasteiger partial charge in [0.05, 0.1) is 5.69 Å². The lowest BCUT2D eigenvalue weighted by Gasteiger charge is -2.05. The number of fused-ring (bicyclic) bond motifs is 1. The molecule has 0 amide bonds. The SMILES string of the molecule is C=CCNc1c(C(=O)c2ccc(C)c(F)c2)oc2ccccc12. The minimum Gasteiger partial charge on any atom is -0.450 e. The van der Waals surface area contributed by atoms with E-state index in [1.807, 2.05) is 18.2 Å². The number of anilines is 1. The molecule has 0 atom stereocenters. The number of carbonyl (C=O) groups excluding carboxylic acids is 1. The Morgan fingerprint density at radius 2 is 2.09 bits per heavy atom. The van der Waals surface area contributed by atoms with Crippen molar-refractivity contribution in [1.29, 1.82) is 0 Å². The molecule has 2 aromatic carbocycles. The van der Waals surface area contributed by atoms with Gasteiger partial charge in [0.2, 0.25) is 5.78 Å². The molecule has 0 unspecified atom stereocenters. The fourth-order valence-electron chi connectivity index (χ4n) is 2.42. The molecule has 4 heteroatoms. The average molecular weight is 309 g/mol. The molecule has 1 aromatic heterocycles. The standard InChI is InChI=1S/C19H16FNO2/c1-3-10-21-17-14-6-4-5-7-16(14)23-19(17)18(22)13-9-8-12(2)15(20)11-13/h3-9,11,21H,1,10H2,2H3. The van der Waals surface area contributed by atoms with E-state index in [1.165, 1.54) is 6.07 Å². The fourth-order valence-corrected chi connectivity index (χ4v) is 2.42. The van der Waals surface area contributed by atoms with Crippen LogP contribution in [-0.2, 0) is 0 Å². The Kier molecular flexibility index (Phi) is 3.98. The molecule has 3 aromatic rings. The van der Waals surface area contributed by atoms with Crippen molar-refractivity contribution in [1.82, 2.24) is 0 Å². The van der Waals surface area contributed by atoms with Crippen LogP contribution in [0.25, 0.3) is 11.0 Å². The van der Waals surface area contributed by atoms with E-state index < -0.39 is 5.82 Å². The molecule has 0 aliphatic heterocycles. The minimum atomic E-state index is -0.410. The van der Waals surface area contributed by atoms with Gasteiger partial charge in [0.15, 0.2) is 5.76 Å². The predicted molar refractivity (Wildman–Crippen MR) is 89.5 cm³/mol. The number of benzene rings is 2. The van der Waals surface area contributed by atoms with Gasteiger partial charge in [0.25, 0.3) is 0 Å². The Balaban J connectivity index is 2.11. The zero-order valence-electron chi connectivity index (χ0n) is 12.7. The Morgan fingerprint density at radius 1 is 1.30 bits per heavy atom. The van der Waals surface area contributed by atoms with E-state index in [1.54, 1.807) is 31.2 Å². The van der Waals surface area contributed by atoms with Crippen LogP contribution in [0.3, 0.4) is 0 Å². The maximum absolute atomic E-state index is 13.8. The van der Waals surface area contributed by atoms with Crippen LogP contribution >= 0.6 is 0 Å². The van der Waals surface area contributed by atoms with Crippen LogP contribution in [-0.4, -0.2) is 12.3 Å². The summed E-state index contributed by atoms with van der Waals surface area (Å²) in [5.41, 5.74) is 1.96. The Hall–Kier alpha value is -2.88. The van der Waals surface area contributed by atoms with E-state index in [9.17, 15) is 9.18 Å². The smallest absolute Gasteiger partial charge is 0.230 e. The Labute approximate surface area is 133 Å². The van der Waals surface area contributed by atoms with Gasteiger partial charge in [0, 0.05) is 17.5 Å². The number of hydrogen-bond acceptors (Lipinski definition) is 3. The third-order valence-electron chi connectivity index (χ3n) is 3.66. The molecule has 0 saturated carbocycles. The molecular weight excluding hydrogens is 293 g/mol. The van der Waals surface area contributed by atoms with Crippen LogP contribution in [0.15, 0.2) is 59.5 Å². The number of furan rings is 1. The number of halogens is 1. The third-order valence-corrected chi connectivity index (χ3v) is 3.66. The van der Waals surface area contributed by atoms with Gasteiger partial charge in [-0.1, -0.05) is 30.3 Å². The van der Waals surface area contributed by atoms with Crippen molar-refractivity contribution in [2.45, 2.75) is 6.92 Å². The molecule has 0 aliphatic carbocycles. The van der Waals surface area contributed by atoms with Crippen molar-refractivity contribution in [2.75, 3.05) is 11.9 Å². The number of para-hydroxylation sites is 1. The highest BCUT2D eigenvalue weighted by Gasteiger charge is 2.22. The largest absolute Gasteiger partial charge is 0.450 e. The highest BCUT2D eigenvalue weighted by Crippen LogP contribution is 2.32. The van der Waals surface area contributed by atoms with Crippen LogP contribution in [0, 0.1) is 12.7 Å². The lowest BCUT2D eigenvalue weighted by Crippen LogP contribution is -2.06. The maximum Gasteiger partial charge on any atom is 0.230 e. The molecule has 0 radical (unpaired) electrons. The van der Waals surface area contributed by atoms with Crippen molar-refractivity contribution in [3.63, 3.8) is 0 Å². The number of rotatable bonds is 5. The number of nitrogens with one attached hydrogen (secondary N) is 1. The zero-order chi connectivity index (χ0) is 16.4. The topological polar surface area (TPSA) is 42.2 Å². The highest BCUT2D eigenvalue weighted by atomic mass is 19.1. The fraction of sp³-hybridized carbons (Fsp3) is 0.105. The lowest BCUT2D eigenvalue weighted by atomic mass is 10.0. The first-order valence-corrected chi connectivity index (χ1v) is 7.29. The summed E-state index contributed by atoms with van der Waals surface area (Å²) in [6.07, 6.45) is 1.70. The van der Waals surface area contributed by atoms with Gasteiger partial charge in [-0.3, -0.25) is 4.79 Å². The molecule has 0 fully saturated rings. The second-order valence-electron chi connectivity index (χ2n) is 5.27. The molecule has 3 rings (SSSR count). The quantitative estimate of drug-likeness (QED) is 0.548. The van der Waals surface area contributed by atoms with E-state index in [2.05, 4.69) is 11.9 Å². The molecule has 116 valence electrons. The van der Waals surface area contributed by atoms with Crippen LogP contribution < -0.4 is 5.32 Å². The van der Waals surface area contributed by atoms with Gasteiger partial charge in [-0.2, -0.15) is 0 Å². The predicted octanol–water partition coefficient (Wildman–Crippen LogP) is 4.71. The summed E-state index contributed by atoms with van der Waals surface area (Å²) >= 11 is 0. The highest BCUT2D eigenvalue weighted by molar-refractivity contribution is 6.14. The van der Waals surface area contributed by atoms with E-state index >= 15 is 0 Å². The first kappa shape index (κ1) is 15.0. The van der Waals surface area contributed by atoms with Gasteiger partial charge in [-0.25, -0.2) is 4.39 Å². The van der Waals surface area contributed by atoms with Crippen molar-refractivity contribution in [3.05, 3.63) is 77.8 Å². The van der Waals surface area contributed by atoms with Crippen molar-refractivity contribution >= 4 is 22.4 Å². The number of ketones is 1. The molecule has 0 spiro atoms. The summed E-state index contributed by atoms with van der Waals surface area (Å²) in [5.74, 6) is -0.587. The Bertz CT molecular complexity index is 896. The summed E-state index contributed by atoms with van der Waals surface area (Å²) in [5, 5.41) is 3.95. The molecule has 1 N–H and O–H groups in total. The third kappa shape index (κ3) is 2.75. The normalized spacial score (nSPS) is 10.7. The molecule has 1 heterocycles. The molecule has 23 heavy (non-hydrogen) atoms. The first-order chi connectivity index (χ1) is 11.1. The van der Waals surface area contributed by atoms with Gasteiger partial charge in [-0.05, 0) is 30.7 Å². The maximum atomic E-state index is 13.8. The number of hydrogen-bond donors (Lipinski definition) is 1. The molecular formula is C19H16FNO2. The second kappa shape index (κ2) is 6.08.